The Kier molecular flexibility index (Phi) is 25.8. The lowest BCUT2D eigenvalue weighted by Crippen LogP contribution is -3.00. The van der Waals surface area contributed by atoms with Gasteiger partial charge in [0.05, 0.1) is 32.3 Å². The summed E-state index contributed by atoms with van der Waals surface area (Å²) in [6.45, 7) is 12.9. The van der Waals surface area contributed by atoms with Gasteiger partial charge in [-0.1, -0.05) is 20.8 Å². The van der Waals surface area contributed by atoms with Crippen LogP contribution in [0.2, 0.25) is 0 Å². The van der Waals surface area contributed by atoms with Crippen molar-refractivity contribution in [3.63, 3.8) is 0 Å². The highest BCUT2D eigenvalue weighted by Gasteiger charge is 2.28. The topological polar surface area (TPSA) is 150 Å². The molecule has 0 bridgehead atoms. The molecular weight excluding hydrogens is 418 g/mol. The zero-order valence-electron chi connectivity index (χ0n) is 19.8. The van der Waals surface area contributed by atoms with Crippen molar-refractivity contribution >= 4 is 11.9 Å². The van der Waals surface area contributed by atoms with Crippen LogP contribution >= 0.6 is 0 Å². The molecule has 1 rings (SSSR count). The molecule has 0 aromatic heterocycles. The molecular formula is C20H44ClNO8. The molecule has 1 aliphatic heterocycles. The smallest absolute Gasteiger partial charge is 0.366 e. The van der Waals surface area contributed by atoms with Crippen LogP contribution in [-0.2, 0) is 23.8 Å². The van der Waals surface area contributed by atoms with E-state index < -0.39 is 12.0 Å². The summed E-state index contributed by atoms with van der Waals surface area (Å²) in [5, 5.41) is 24.8. The lowest BCUT2D eigenvalue weighted by molar-refractivity contribution is -0.413. The minimum absolute atomic E-state index is 0. The Labute approximate surface area is 187 Å². The van der Waals surface area contributed by atoms with Crippen molar-refractivity contribution in [2.75, 3.05) is 40.6 Å². The van der Waals surface area contributed by atoms with Gasteiger partial charge in [-0.25, -0.2) is 4.79 Å². The Bertz CT molecular complexity index is 400. The Morgan fingerprint density at radius 1 is 1.03 bits per heavy atom. The minimum atomic E-state index is -0.639. The van der Waals surface area contributed by atoms with E-state index in [1.54, 1.807) is 6.92 Å². The van der Waals surface area contributed by atoms with E-state index in [2.05, 4.69) is 36.0 Å². The van der Waals surface area contributed by atoms with E-state index in [4.69, 9.17) is 20.1 Å². The van der Waals surface area contributed by atoms with E-state index in [9.17, 15) is 9.59 Å². The molecule has 6 N–H and O–H groups in total. The third-order valence-corrected chi connectivity index (χ3v) is 3.60. The highest BCUT2D eigenvalue weighted by atomic mass is 35.5. The van der Waals surface area contributed by atoms with Crippen molar-refractivity contribution in [1.29, 1.82) is 0 Å². The van der Waals surface area contributed by atoms with Crippen LogP contribution in [0.25, 0.3) is 0 Å². The summed E-state index contributed by atoms with van der Waals surface area (Å²) in [7, 11) is 2.56. The predicted octanol–water partition coefficient (Wildman–Crippen LogP) is -2.99. The van der Waals surface area contributed by atoms with Crippen LogP contribution in [0.4, 0.5) is 0 Å². The standard InChI is InChI=1S/C7H14O.C5H10O3.C4H9NO3.C4H10O.ClH/c1-6-4-7(2,3)8-5-6;1-4(3-6)5(7)8-2;1-8-4(7)3(5)2-6;1-4(2)3-5;/h6H,4-5H2,1-3H3;4,6H,3H2,1-2H3;3,6H,2,5H2,1H3;4-5H,3H2,1-2H3;1H/t6-;4-;3-;;/m111../s1. The summed E-state index contributed by atoms with van der Waals surface area (Å²) in [4.78, 5) is 20.7. The summed E-state index contributed by atoms with van der Waals surface area (Å²) in [5.41, 5.74) is 3.47. The maximum Gasteiger partial charge on any atom is 0.366 e. The van der Waals surface area contributed by atoms with E-state index in [1.807, 2.05) is 13.8 Å². The highest BCUT2D eigenvalue weighted by molar-refractivity contribution is 5.73. The molecule has 0 aromatic carbocycles. The molecule has 9 nitrogen and oxygen atoms in total. The molecule has 1 saturated heterocycles. The largest absolute Gasteiger partial charge is 1.00 e. The lowest BCUT2D eigenvalue weighted by Gasteiger charge is -2.14. The Morgan fingerprint density at radius 2 is 1.47 bits per heavy atom. The second kappa shape index (κ2) is 21.3. The number of ether oxygens (including phenoxy) is 3. The average molecular weight is 462 g/mol. The van der Waals surface area contributed by atoms with Gasteiger partial charge in [-0.15, -0.1) is 0 Å². The van der Waals surface area contributed by atoms with E-state index in [-0.39, 0.29) is 43.1 Å². The van der Waals surface area contributed by atoms with Crippen LogP contribution in [0.1, 0.15) is 48.0 Å². The first-order valence-corrected chi connectivity index (χ1v) is 9.76. The monoisotopic (exact) mass is 461 g/mol. The van der Waals surface area contributed by atoms with Gasteiger partial charge < -0.3 is 47.7 Å². The SMILES string of the molecule is CC(C)CO.COC(=O)[C@H](C)CO.COC(=O)[C@H]([NH3+])CO.C[C@H]1COC(C)(C)C1.[Cl-]. The quantitative estimate of drug-likeness (QED) is 0.316. The number of esters is 2. The first kappa shape index (κ1) is 36.4. The Hall–Kier alpha value is -0.970. The second-order valence-corrected chi connectivity index (χ2v) is 7.97. The Balaban J connectivity index is -0.000000151. The van der Waals surface area contributed by atoms with Crippen molar-refractivity contribution in [2.45, 2.75) is 59.6 Å². The summed E-state index contributed by atoms with van der Waals surface area (Å²) >= 11 is 0. The maximum atomic E-state index is 10.4. The summed E-state index contributed by atoms with van der Waals surface area (Å²) < 4.78 is 14.0. The molecule has 0 saturated carbocycles. The van der Waals surface area contributed by atoms with Crippen molar-refractivity contribution in [1.82, 2.24) is 0 Å². The number of aliphatic hydroxyl groups excluding tert-OH is 3. The van der Waals surface area contributed by atoms with Crippen LogP contribution in [0.3, 0.4) is 0 Å². The van der Waals surface area contributed by atoms with Crippen LogP contribution in [0, 0.1) is 17.8 Å². The van der Waals surface area contributed by atoms with Crippen LogP contribution < -0.4 is 18.1 Å². The average Bonchev–Trinajstić information content (AvgIpc) is 3.02. The number of hydrogen-bond donors (Lipinski definition) is 4. The number of halogens is 1. The number of carbonyl (C=O) groups is 2. The van der Waals surface area contributed by atoms with Crippen molar-refractivity contribution in [2.24, 2.45) is 17.8 Å². The summed E-state index contributed by atoms with van der Waals surface area (Å²) in [5.74, 6) is -0.0278. The molecule has 0 amide bonds. The number of quaternary nitrogens is 1. The minimum Gasteiger partial charge on any atom is -1.00 e. The zero-order chi connectivity index (χ0) is 23.6. The van der Waals surface area contributed by atoms with E-state index >= 15 is 0 Å². The third kappa shape index (κ3) is 23.3. The van der Waals surface area contributed by atoms with Crippen LogP contribution in [-0.4, -0.2) is 79.5 Å². The van der Waals surface area contributed by atoms with Gasteiger partial charge in [0.2, 0.25) is 6.04 Å². The molecule has 0 spiro atoms. The number of methoxy groups -OCH3 is 2. The van der Waals surface area contributed by atoms with Gasteiger partial charge in [0.15, 0.2) is 0 Å². The molecule has 1 fully saturated rings. The lowest BCUT2D eigenvalue weighted by atomic mass is 10.00. The van der Waals surface area contributed by atoms with Gasteiger partial charge in [-0.2, -0.15) is 0 Å². The van der Waals surface area contributed by atoms with Gasteiger partial charge in [0.1, 0.15) is 6.61 Å². The zero-order valence-corrected chi connectivity index (χ0v) is 20.6. The highest BCUT2D eigenvalue weighted by Crippen LogP contribution is 2.27. The van der Waals surface area contributed by atoms with E-state index in [1.165, 1.54) is 20.6 Å². The van der Waals surface area contributed by atoms with Crippen LogP contribution in [0.15, 0.2) is 0 Å². The third-order valence-electron chi connectivity index (χ3n) is 3.60. The summed E-state index contributed by atoms with van der Waals surface area (Å²) in [6.07, 6.45) is 1.22. The van der Waals surface area contributed by atoms with E-state index in [0.717, 1.165) is 12.5 Å². The second-order valence-electron chi connectivity index (χ2n) is 7.97. The molecule has 3 atom stereocenters. The maximum absolute atomic E-state index is 10.4. The van der Waals surface area contributed by atoms with Gasteiger partial charge in [-0.3, -0.25) is 4.79 Å². The van der Waals surface area contributed by atoms with Gasteiger partial charge >= 0.3 is 11.9 Å². The fourth-order valence-corrected chi connectivity index (χ4v) is 1.84. The fourth-order valence-electron chi connectivity index (χ4n) is 1.84. The molecule has 1 aliphatic rings. The molecule has 0 aliphatic carbocycles. The molecule has 184 valence electrons. The molecule has 0 radical (unpaired) electrons. The predicted molar refractivity (Wildman–Crippen MR) is 110 cm³/mol. The van der Waals surface area contributed by atoms with Gasteiger partial charge in [-0.05, 0) is 39.0 Å². The first-order valence-electron chi connectivity index (χ1n) is 9.76. The van der Waals surface area contributed by atoms with Gasteiger partial charge in [0.25, 0.3) is 0 Å². The fraction of sp³-hybridized carbons (Fsp3) is 0.900. The number of aliphatic hydroxyl groups is 3. The van der Waals surface area contributed by atoms with E-state index in [0.29, 0.717) is 12.5 Å². The first-order chi connectivity index (χ1) is 13.3. The molecule has 1 heterocycles. The number of carbonyl (C=O) groups excluding carboxylic acids is 2. The molecule has 0 unspecified atom stereocenters. The normalized spacial score (nSPS) is 18.0. The number of hydrogen-bond acceptors (Lipinski definition) is 8. The molecule has 0 aromatic rings. The van der Waals surface area contributed by atoms with Crippen molar-refractivity contribution in [3.8, 4) is 0 Å². The van der Waals surface area contributed by atoms with Crippen molar-refractivity contribution in [3.05, 3.63) is 0 Å². The molecule has 10 heteroatoms. The summed E-state index contributed by atoms with van der Waals surface area (Å²) in [6, 6.07) is -0.639. The molecule has 30 heavy (non-hydrogen) atoms. The van der Waals surface area contributed by atoms with Crippen LogP contribution in [0.5, 0.6) is 0 Å². The number of rotatable bonds is 5. The Morgan fingerprint density at radius 3 is 1.57 bits per heavy atom. The van der Waals surface area contributed by atoms with Crippen molar-refractivity contribution < 1.29 is 57.3 Å². The van der Waals surface area contributed by atoms with Gasteiger partial charge in [0, 0.05) is 13.2 Å².